The van der Waals surface area contributed by atoms with E-state index in [1.54, 1.807) is 5.48 Å². The van der Waals surface area contributed by atoms with Crippen LogP contribution in [0.15, 0.2) is 0 Å². The van der Waals surface area contributed by atoms with Crippen molar-refractivity contribution in [3.8, 4) is 0 Å². The number of carbonyl (C=O) groups is 1. The fourth-order valence-corrected chi connectivity index (χ4v) is 0.400. The van der Waals surface area contributed by atoms with Gasteiger partial charge in [-0.3, -0.25) is 10.2 Å². The summed E-state index contributed by atoms with van der Waals surface area (Å²) in [4.78, 5) is 10.1. The number of carbonyl (C=O) groups excluding carboxylic acids is 1. The fourth-order valence-electron chi connectivity index (χ4n) is 0.400. The van der Waals surface area contributed by atoms with Gasteiger partial charge in [-0.15, -0.1) is 12.4 Å². The largest absolute Gasteiger partial charge is 0.317 e. The Hall–Kier alpha value is -0.360. The summed E-state index contributed by atoms with van der Waals surface area (Å²) in [5, 5.41) is 7.32. The van der Waals surface area contributed by atoms with Crippen LogP contribution in [0.1, 0.15) is 6.42 Å². The van der Waals surface area contributed by atoms with Crippen molar-refractivity contribution >= 4 is 18.3 Å². The van der Waals surface area contributed by atoms with E-state index in [0.29, 0.717) is 6.42 Å². The predicted octanol–water partition coefficient (Wildman–Crippen LogP) is -0.972. The molecule has 1 rings (SSSR count). The molecule has 5 nitrogen and oxygen atoms in total. The summed E-state index contributed by atoms with van der Waals surface area (Å²) in [6.07, 6.45) is 0.625. The summed E-state index contributed by atoms with van der Waals surface area (Å²) >= 11 is 0. The zero-order valence-electron chi connectivity index (χ0n) is 5.68. The van der Waals surface area contributed by atoms with Gasteiger partial charge in [0.05, 0.1) is 0 Å². The van der Waals surface area contributed by atoms with E-state index in [1.807, 2.05) is 0 Å². The molecule has 0 radical (unpaired) electrons. The quantitative estimate of drug-likeness (QED) is 0.352. The highest BCUT2D eigenvalue weighted by molar-refractivity contribution is 5.85. The smallest absolute Gasteiger partial charge is 0.235 e. The molecule has 0 aromatic carbocycles. The van der Waals surface area contributed by atoms with E-state index < -0.39 is 0 Å². The molecule has 0 unspecified atom stereocenters. The molecule has 0 atom stereocenters. The normalized spacial score (nSPS) is 14.4. The molecule has 0 aliphatic carbocycles. The number of amides is 1. The molecule has 0 spiro atoms. The van der Waals surface area contributed by atoms with Gasteiger partial charge in [0.25, 0.3) is 0 Å². The maximum Gasteiger partial charge on any atom is 0.235 e. The summed E-state index contributed by atoms with van der Waals surface area (Å²) in [7, 11) is 1.43. The van der Waals surface area contributed by atoms with Gasteiger partial charge in [0.2, 0.25) is 5.91 Å². The second-order valence-electron chi connectivity index (χ2n) is 1.45. The molecule has 1 aliphatic rings. The first-order valence-electron chi connectivity index (χ1n) is 2.63. The Morgan fingerprint density at radius 2 is 2.20 bits per heavy atom. The molecule has 0 saturated carbocycles. The van der Waals surface area contributed by atoms with Crippen molar-refractivity contribution in [3.63, 3.8) is 0 Å². The van der Waals surface area contributed by atoms with Gasteiger partial charge in [-0.05, 0) is 0 Å². The first-order valence-corrected chi connectivity index (χ1v) is 2.63. The van der Waals surface area contributed by atoms with Crippen molar-refractivity contribution in [1.29, 1.82) is 0 Å². The summed E-state index contributed by atoms with van der Waals surface area (Å²) in [6, 6.07) is 0. The average molecular weight is 170 g/mol. The van der Waals surface area contributed by atoms with Gasteiger partial charge in [-0.1, -0.05) is 0 Å². The van der Waals surface area contributed by atoms with Gasteiger partial charge >= 0.3 is 0 Å². The van der Waals surface area contributed by atoms with Crippen molar-refractivity contribution in [2.24, 2.45) is 0 Å². The molecule has 1 amide bonds. The van der Waals surface area contributed by atoms with Crippen LogP contribution in [0.2, 0.25) is 0 Å². The first-order chi connectivity index (χ1) is 4.31. The zero-order valence-corrected chi connectivity index (χ0v) is 6.49. The van der Waals surface area contributed by atoms with Crippen LogP contribution in [0.5, 0.6) is 0 Å². The number of hydrazine groups is 1. The topological polar surface area (TPSA) is 73.4 Å². The minimum atomic E-state index is 0. The Labute approximate surface area is 65.5 Å². The highest BCUT2D eigenvalue weighted by atomic mass is 35.5. The summed E-state index contributed by atoms with van der Waals surface area (Å²) in [5.74, 6) is 0.0926. The minimum Gasteiger partial charge on any atom is -0.317 e. The van der Waals surface area contributed by atoms with Gasteiger partial charge in [-0.25, -0.2) is 10.9 Å². The summed E-state index contributed by atoms with van der Waals surface area (Å²) < 4.78 is 0. The highest BCUT2D eigenvalue weighted by Crippen LogP contribution is 1.79. The molecule has 0 bridgehead atoms. The van der Waals surface area contributed by atoms with Crippen molar-refractivity contribution < 1.29 is 10.0 Å². The van der Waals surface area contributed by atoms with Crippen molar-refractivity contribution in [2.45, 2.75) is 6.42 Å². The van der Waals surface area contributed by atoms with E-state index in [9.17, 15) is 4.79 Å². The number of hydroxylamine groups is 1. The molecule has 4 N–H and O–H groups in total. The van der Waals surface area contributed by atoms with E-state index in [1.165, 1.54) is 7.05 Å². The lowest BCUT2D eigenvalue weighted by Gasteiger charge is -1.83. The molecule has 0 aromatic heterocycles. The maximum absolute atomic E-state index is 10.1. The number of hydrogen-bond donors (Lipinski definition) is 4. The Kier molecular flexibility index (Phi) is 10.7. The summed E-state index contributed by atoms with van der Waals surface area (Å²) in [5.41, 5.74) is 6.85. The van der Waals surface area contributed by atoms with Crippen molar-refractivity contribution in [2.75, 3.05) is 13.6 Å². The van der Waals surface area contributed by atoms with Gasteiger partial charge in [-0.2, -0.15) is 0 Å². The lowest BCUT2D eigenvalue weighted by atomic mass is 10.5. The van der Waals surface area contributed by atoms with Gasteiger partial charge < -0.3 is 5.21 Å². The van der Waals surface area contributed by atoms with E-state index in [-0.39, 0.29) is 18.3 Å². The van der Waals surface area contributed by atoms with E-state index in [2.05, 4.69) is 10.9 Å². The van der Waals surface area contributed by atoms with Crippen LogP contribution >= 0.6 is 12.4 Å². The Balaban J connectivity index is 0. The molecule has 6 heteroatoms. The molecule has 1 saturated heterocycles. The minimum absolute atomic E-state index is 0. The van der Waals surface area contributed by atoms with Crippen molar-refractivity contribution in [3.05, 3.63) is 0 Å². The van der Waals surface area contributed by atoms with Crippen LogP contribution in [-0.4, -0.2) is 24.7 Å². The predicted molar refractivity (Wildman–Crippen MR) is 38.9 cm³/mol. The number of nitrogens with one attached hydrogen (secondary N) is 3. The molecule has 0 aromatic rings. The average Bonchev–Trinajstić information content (AvgIpc) is 2.20. The first kappa shape index (κ1) is 12.3. The van der Waals surface area contributed by atoms with Crippen molar-refractivity contribution in [1.82, 2.24) is 16.3 Å². The SMILES string of the molecule is CNO.Cl.O=C1CCNN1. The van der Waals surface area contributed by atoms with Crippen LogP contribution in [-0.2, 0) is 4.79 Å². The van der Waals surface area contributed by atoms with Crippen LogP contribution < -0.4 is 16.3 Å². The Morgan fingerprint density at radius 1 is 1.70 bits per heavy atom. The Morgan fingerprint density at radius 3 is 2.30 bits per heavy atom. The third-order valence-corrected chi connectivity index (χ3v) is 0.705. The molecule has 10 heavy (non-hydrogen) atoms. The van der Waals surface area contributed by atoms with E-state index in [0.717, 1.165) is 6.54 Å². The maximum atomic E-state index is 10.1. The van der Waals surface area contributed by atoms with Crippen LogP contribution in [0.3, 0.4) is 0 Å². The van der Waals surface area contributed by atoms with Crippen LogP contribution in [0.25, 0.3) is 0 Å². The Bertz CT molecular complexity index is 82.6. The van der Waals surface area contributed by atoms with Gasteiger partial charge in [0, 0.05) is 20.0 Å². The summed E-state index contributed by atoms with van der Waals surface area (Å²) in [6.45, 7) is 0.777. The third-order valence-electron chi connectivity index (χ3n) is 0.705. The second-order valence-corrected chi connectivity index (χ2v) is 1.45. The molecule has 1 fully saturated rings. The molecular formula is C4H12ClN3O2. The lowest BCUT2D eigenvalue weighted by Crippen LogP contribution is -2.25. The van der Waals surface area contributed by atoms with Gasteiger partial charge in [0.15, 0.2) is 0 Å². The standard InChI is InChI=1S/C3H6N2O.CH5NO.ClH/c6-3-1-2-4-5-3;1-2-3;/h4H,1-2H2,(H,5,6);2-3H,1H3;1H. The molecular weight excluding hydrogens is 158 g/mol. The second kappa shape index (κ2) is 8.64. The third kappa shape index (κ3) is 7.64. The fraction of sp³-hybridized carbons (Fsp3) is 0.750. The van der Waals surface area contributed by atoms with E-state index in [4.69, 9.17) is 5.21 Å². The zero-order chi connectivity index (χ0) is 7.11. The van der Waals surface area contributed by atoms with E-state index >= 15 is 0 Å². The molecule has 62 valence electrons. The molecule has 1 aliphatic heterocycles. The lowest BCUT2D eigenvalue weighted by molar-refractivity contribution is -0.119. The number of hydrogen-bond acceptors (Lipinski definition) is 4. The monoisotopic (exact) mass is 169 g/mol. The highest BCUT2D eigenvalue weighted by Gasteiger charge is 2.04. The molecule has 1 heterocycles. The van der Waals surface area contributed by atoms with Crippen LogP contribution in [0.4, 0.5) is 0 Å². The number of rotatable bonds is 0. The number of halogens is 1. The van der Waals surface area contributed by atoms with Crippen LogP contribution in [0, 0.1) is 0 Å². The van der Waals surface area contributed by atoms with Gasteiger partial charge in [0.1, 0.15) is 0 Å².